The molecule has 1 aliphatic carbocycles. The molecule has 1 aromatic rings. The molecule has 1 fully saturated rings. The van der Waals surface area contributed by atoms with Crippen molar-refractivity contribution in [2.75, 3.05) is 17.6 Å². The number of carboxylic acid groups (broad SMARTS) is 1. The first-order valence-corrected chi connectivity index (χ1v) is 12.7. The number of ether oxygens (including phenoxy) is 1. The minimum absolute atomic E-state index is 0.161. The first-order valence-electron chi connectivity index (χ1n) is 11.7. The number of carbonyl (C=O) groups is 4. The molecule has 0 radical (unpaired) electrons. The molecule has 3 atom stereocenters. The van der Waals surface area contributed by atoms with Gasteiger partial charge >= 0.3 is 18.0 Å². The Bertz CT molecular complexity index is 990. The number of esters is 1. The Hall–Kier alpha value is -3.01. The highest BCUT2D eigenvalue weighted by Gasteiger charge is 2.46. The highest BCUT2D eigenvalue weighted by atomic mass is 32.2. The third-order valence-corrected chi connectivity index (χ3v) is 7.12. The first-order chi connectivity index (χ1) is 16.5. The van der Waals surface area contributed by atoms with Gasteiger partial charge in [0.05, 0.1) is 18.3 Å². The van der Waals surface area contributed by atoms with E-state index in [0.29, 0.717) is 17.0 Å². The molecule has 1 aromatic carbocycles. The summed E-state index contributed by atoms with van der Waals surface area (Å²) >= 11 is 1.59. The Morgan fingerprint density at radius 2 is 1.97 bits per heavy atom. The van der Waals surface area contributed by atoms with Gasteiger partial charge in [0, 0.05) is 11.4 Å². The number of hydrogen-bond acceptors (Lipinski definition) is 6. The quantitative estimate of drug-likeness (QED) is 0.385. The minimum atomic E-state index is -0.969. The molecule has 3 rings (SSSR count). The van der Waals surface area contributed by atoms with Crippen LogP contribution >= 0.6 is 11.8 Å². The molecular weight excluding hydrogens is 470 g/mol. The molecule has 35 heavy (non-hydrogen) atoms. The summed E-state index contributed by atoms with van der Waals surface area (Å²) in [6.45, 7) is 5.10. The van der Waals surface area contributed by atoms with Crippen molar-refractivity contribution in [1.82, 2.24) is 10.2 Å². The van der Waals surface area contributed by atoms with Gasteiger partial charge in [-0.25, -0.2) is 9.59 Å². The summed E-state index contributed by atoms with van der Waals surface area (Å²) in [6.07, 6.45) is 6.78. The molecule has 0 aromatic heterocycles. The third kappa shape index (κ3) is 7.74. The second kappa shape index (κ2) is 11.6. The number of aliphatic carboxylic acids is 1. The molecule has 2 unspecified atom stereocenters. The van der Waals surface area contributed by atoms with E-state index >= 15 is 0 Å². The van der Waals surface area contributed by atoms with Crippen LogP contribution in [0.4, 0.5) is 10.5 Å². The highest BCUT2D eigenvalue weighted by molar-refractivity contribution is 8.00. The Morgan fingerprint density at radius 1 is 1.20 bits per heavy atom. The van der Waals surface area contributed by atoms with Crippen molar-refractivity contribution in [3.63, 3.8) is 0 Å². The van der Waals surface area contributed by atoms with Gasteiger partial charge < -0.3 is 25.4 Å². The molecular formula is C25H33N3O6S. The van der Waals surface area contributed by atoms with Gasteiger partial charge in [0.15, 0.2) is 0 Å². The van der Waals surface area contributed by atoms with E-state index in [0.717, 1.165) is 19.3 Å². The summed E-state index contributed by atoms with van der Waals surface area (Å²) in [4.78, 5) is 51.1. The van der Waals surface area contributed by atoms with Crippen LogP contribution in [0.15, 0.2) is 36.4 Å². The average Bonchev–Trinajstić information content (AvgIpc) is 3.22. The van der Waals surface area contributed by atoms with Crippen LogP contribution < -0.4 is 10.6 Å². The Morgan fingerprint density at radius 3 is 2.63 bits per heavy atom. The zero-order chi connectivity index (χ0) is 25.6. The van der Waals surface area contributed by atoms with E-state index in [1.54, 1.807) is 61.7 Å². The normalized spacial score (nSPS) is 21.9. The van der Waals surface area contributed by atoms with Gasteiger partial charge in [0.1, 0.15) is 11.6 Å². The lowest BCUT2D eigenvalue weighted by Gasteiger charge is -2.35. The molecule has 2 aliphatic rings. The fourth-order valence-electron chi connectivity index (χ4n) is 4.19. The lowest BCUT2D eigenvalue weighted by Crippen LogP contribution is -2.52. The van der Waals surface area contributed by atoms with Crippen molar-refractivity contribution in [2.24, 2.45) is 5.92 Å². The lowest BCUT2D eigenvalue weighted by molar-refractivity contribution is -0.163. The molecule has 1 saturated heterocycles. The van der Waals surface area contributed by atoms with Gasteiger partial charge in [0.2, 0.25) is 5.91 Å². The number of carboxylic acids is 1. The van der Waals surface area contributed by atoms with Gasteiger partial charge in [-0.3, -0.25) is 9.59 Å². The topological polar surface area (TPSA) is 125 Å². The number of carbonyl (C=O) groups excluding carboxylic acids is 3. The van der Waals surface area contributed by atoms with E-state index in [1.807, 2.05) is 0 Å². The predicted octanol–water partition coefficient (Wildman–Crippen LogP) is 3.40. The maximum Gasteiger partial charge on any atom is 0.330 e. The highest BCUT2D eigenvalue weighted by Crippen LogP contribution is 2.39. The van der Waals surface area contributed by atoms with E-state index in [1.165, 1.54) is 0 Å². The zero-order valence-corrected chi connectivity index (χ0v) is 21.1. The van der Waals surface area contributed by atoms with Crippen LogP contribution in [-0.2, 0) is 25.5 Å². The fourth-order valence-corrected chi connectivity index (χ4v) is 5.81. The maximum atomic E-state index is 13.3. The summed E-state index contributed by atoms with van der Waals surface area (Å²) in [7, 11) is 0. The number of allylic oxidation sites excluding steroid dienone is 2. The summed E-state index contributed by atoms with van der Waals surface area (Å²) in [5.74, 6) is -1.07. The molecule has 0 saturated carbocycles. The third-order valence-electron chi connectivity index (χ3n) is 5.65. The van der Waals surface area contributed by atoms with Crippen molar-refractivity contribution in [2.45, 2.75) is 63.5 Å². The molecule has 0 spiro atoms. The van der Waals surface area contributed by atoms with Gasteiger partial charge in [0.25, 0.3) is 0 Å². The largest absolute Gasteiger partial charge is 0.481 e. The molecule has 1 aliphatic heterocycles. The number of rotatable bonds is 7. The number of hydrogen-bond donors (Lipinski definition) is 3. The molecule has 10 heteroatoms. The Kier molecular flexibility index (Phi) is 8.82. The van der Waals surface area contributed by atoms with Crippen LogP contribution in [0, 0.1) is 5.92 Å². The first kappa shape index (κ1) is 26.6. The van der Waals surface area contributed by atoms with E-state index in [2.05, 4.69) is 22.8 Å². The molecule has 3 N–H and O–H groups in total. The average molecular weight is 504 g/mol. The Labute approximate surface area is 209 Å². The number of nitrogens with one attached hydrogen (secondary N) is 2. The van der Waals surface area contributed by atoms with Crippen molar-refractivity contribution in [3.05, 3.63) is 42.0 Å². The van der Waals surface area contributed by atoms with Gasteiger partial charge in [-0.05, 0) is 63.6 Å². The van der Waals surface area contributed by atoms with Crippen LogP contribution in [0.1, 0.15) is 45.6 Å². The predicted molar refractivity (Wildman–Crippen MR) is 134 cm³/mol. The molecule has 190 valence electrons. The molecule has 3 amide bonds. The minimum Gasteiger partial charge on any atom is -0.481 e. The maximum absolute atomic E-state index is 13.3. The van der Waals surface area contributed by atoms with Gasteiger partial charge in [-0.1, -0.05) is 24.3 Å². The van der Waals surface area contributed by atoms with Crippen LogP contribution in [0.3, 0.4) is 0 Å². The van der Waals surface area contributed by atoms with Crippen molar-refractivity contribution >= 4 is 41.3 Å². The van der Waals surface area contributed by atoms with Crippen LogP contribution in [0.2, 0.25) is 0 Å². The van der Waals surface area contributed by atoms with Crippen molar-refractivity contribution in [3.8, 4) is 0 Å². The van der Waals surface area contributed by atoms with Crippen LogP contribution in [0.5, 0.6) is 0 Å². The van der Waals surface area contributed by atoms with Crippen molar-refractivity contribution in [1.29, 1.82) is 0 Å². The molecule has 9 nitrogen and oxygen atoms in total. The SMILES string of the molecule is CC(C)(C)OC(=O)C1CSC([C@H]2CC=CCC2)N1C(=O)CNC(=O)Nc1cccc(CC(=O)O)c1. The monoisotopic (exact) mass is 503 g/mol. The van der Waals surface area contributed by atoms with Crippen LogP contribution in [-0.4, -0.2) is 63.2 Å². The van der Waals surface area contributed by atoms with E-state index in [-0.39, 0.29) is 30.2 Å². The lowest BCUT2D eigenvalue weighted by atomic mass is 9.93. The van der Waals surface area contributed by atoms with E-state index in [9.17, 15) is 19.2 Å². The zero-order valence-electron chi connectivity index (χ0n) is 20.3. The van der Waals surface area contributed by atoms with Gasteiger partial charge in [-0.15, -0.1) is 11.8 Å². The van der Waals surface area contributed by atoms with E-state index in [4.69, 9.17) is 9.84 Å². The van der Waals surface area contributed by atoms with Crippen LogP contribution in [0.25, 0.3) is 0 Å². The standard InChI is InChI=1S/C25H33N3O6S/c1-25(2,3)34-23(32)19-15-35-22(17-9-5-4-6-10-17)28(19)20(29)14-26-24(33)27-18-11-7-8-16(12-18)13-21(30)31/h4-5,7-8,11-12,17,19,22H,6,9-10,13-15H2,1-3H3,(H,30,31)(H2,26,27,33)/t17-,19?,22?/m0/s1. The smallest absolute Gasteiger partial charge is 0.330 e. The van der Waals surface area contributed by atoms with Gasteiger partial charge in [-0.2, -0.15) is 0 Å². The molecule has 1 heterocycles. The number of amides is 3. The number of benzene rings is 1. The van der Waals surface area contributed by atoms with Crippen molar-refractivity contribution < 1.29 is 29.0 Å². The number of nitrogens with zero attached hydrogens (tertiary/aromatic N) is 1. The number of thioether (sulfide) groups is 1. The Balaban J connectivity index is 1.66. The number of urea groups is 1. The molecule has 0 bridgehead atoms. The summed E-state index contributed by atoms with van der Waals surface area (Å²) in [5.41, 5.74) is 0.295. The van der Waals surface area contributed by atoms with E-state index < -0.39 is 29.6 Å². The second-order valence-corrected chi connectivity index (χ2v) is 10.8. The summed E-state index contributed by atoms with van der Waals surface area (Å²) < 4.78 is 5.58. The number of anilines is 1. The second-order valence-electron chi connectivity index (χ2n) is 9.70. The summed E-state index contributed by atoms with van der Waals surface area (Å²) in [5, 5.41) is 14.0. The fraction of sp³-hybridized carbons (Fsp3) is 0.520. The summed E-state index contributed by atoms with van der Waals surface area (Å²) in [6, 6.07) is 5.20.